The average molecular weight is 779 g/mol. The first kappa shape index (κ1) is 53.4. The summed E-state index contributed by atoms with van der Waals surface area (Å²) in [4.78, 5) is 37.7. The van der Waals surface area contributed by atoms with Crippen molar-refractivity contribution in [1.82, 2.24) is 0 Å². The summed E-state index contributed by atoms with van der Waals surface area (Å²) < 4.78 is 16.7. The highest BCUT2D eigenvalue weighted by molar-refractivity contribution is 5.71. The van der Waals surface area contributed by atoms with Crippen LogP contribution in [0.25, 0.3) is 0 Å². The minimum atomic E-state index is -0.760. The van der Waals surface area contributed by atoms with Gasteiger partial charge >= 0.3 is 17.9 Å². The highest BCUT2D eigenvalue weighted by atomic mass is 16.6. The van der Waals surface area contributed by atoms with Crippen LogP contribution in [0.15, 0.2) is 0 Å². The molecular formula is C49H94O6. The standard InChI is InChI=1S/C49H94O6/c1-6-7-8-9-10-18-24-29-34-39-47(50)53-42-46(43-54-48(51)40-35-30-26-21-23-28-33-38-45(4)5)55-49(52)41-36-31-25-20-17-15-13-11-12-14-16-19-22-27-32-37-44(2)3/h44-46H,6-43H2,1-5H3/t46-/m1/s1. The zero-order valence-electron chi connectivity index (χ0n) is 37.6. The maximum absolute atomic E-state index is 12.7. The van der Waals surface area contributed by atoms with Gasteiger partial charge in [-0.15, -0.1) is 0 Å². The van der Waals surface area contributed by atoms with Crippen LogP contribution in [0.3, 0.4) is 0 Å². The predicted octanol–water partition coefficient (Wildman–Crippen LogP) is 15.4. The third-order valence-electron chi connectivity index (χ3n) is 11.0. The fourth-order valence-corrected chi connectivity index (χ4v) is 7.28. The van der Waals surface area contributed by atoms with Gasteiger partial charge in [-0.3, -0.25) is 14.4 Å². The quantitative estimate of drug-likeness (QED) is 0.0348. The first-order chi connectivity index (χ1) is 26.7. The van der Waals surface area contributed by atoms with E-state index in [0.717, 1.165) is 69.6 Å². The lowest BCUT2D eigenvalue weighted by Crippen LogP contribution is -2.30. The topological polar surface area (TPSA) is 78.9 Å². The molecule has 0 amide bonds. The fourth-order valence-electron chi connectivity index (χ4n) is 7.28. The van der Waals surface area contributed by atoms with E-state index in [1.54, 1.807) is 0 Å². The molecule has 0 fully saturated rings. The molecule has 0 unspecified atom stereocenters. The first-order valence-electron chi connectivity index (χ1n) is 24.2. The molecule has 0 aliphatic rings. The molecule has 0 aromatic carbocycles. The van der Waals surface area contributed by atoms with Crippen LogP contribution in [0.5, 0.6) is 0 Å². The van der Waals surface area contributed by atoms with Gasteiger partial charge in [0, 0.05) is 19.3 Å². The minimum Gasteiger partial charge on any atom is -0.462 e. The monoisotopic (exact) mass is 779 g/mol. The SMILES string of the molecule is CCCCCCCCCCCC(=O)OC[C@H](COC(=O)CCCCCCCCCC(C)C)OC(=O)CCCCCCCCCCCCCCCCCC(C)C. The lowest BCUT2D eigenvalue weighted by atomic mass is 10.0. The third-order valence-corrected chi connectivity index (χ3v) is 11.0. The van der Waals surface area contributed by atoms with E-state index in [4.69, 9.17) is 14.2 Å². The molecule has 326 valence electrons. The van der Waals surface area contributed by atoms with Gasteiger partial charge in [-0.25, -0.2) is 0 Å². The minimum absolute atomic E-state index is 0.0649. The second-order valence-electron chi connectivity index (χ2n) is 17.7. The summed E-state index contributed by atoms with van der Waals surface area (Å²) in [5.41, 5.74) is 0. The van der Waals surface area contributed by atoms with Crippen LogP contribution in [0.1, 0.15) is 266 Å². The van der Waals surface area contributed by atoms with Gasteiger partial charge in [0.2, 0.25) is 0 Å². The molecule has 0 saturated carbocycles. The molecule has 0 aliphatic carbocycles. The molecular weight excluding hydrogens is 685 g/mol. The molecule has 0 bridgehead atoms. The Labute approximate surface area is 342 Å². The fraction of sp³-hybridized carbons (Fsp3) is 0.939. The van der Waals surface area contributed by atoms with Crippen molar-refractivity contribution in [1.29, 1.82) is 0 Å². The maximum atomic E-state index is 12.7. The molecule has 0 rings (SSSR count). The molecule has 6 nitrogen and oxygen atoms in total. The van der Waals surface area contributed by atoms with E-state index in [1.807, 2.05) is 0 Å². The summed E-state index contributed by atoms with van der Waals surface area (Å²) in [6.45, 7) is 11.3. The third kappa shape index (κ3) is 43.4. The Morgan fingerprint density at radius 1 is 0.345 bits per heavy atom. The van der Waals surface area contributed by atoms with Crippen LogP contribution in [0.2, 0.25) is 0 Å². The summed E-state index contributed by atoms with van der Waals surface area (Å²) >= 11 is 0. The second-order valence-corrected chi connectivity index (χ2v) is 17.7. The highest BCUT2D eigenvalue weighted by Gasteiger charge is 2.19. The number of unbranched alkanes of at least 4 members (excludes halogenated alkanes) is 28. The van der Waals surface area contributed by atoms with E-state index in [1.165, 1.54) is 154 Å². The zero-order chi connectivity index (χ0) is 40.5. The Kier molecular flexibility index (Phi) is 40.8. The van der Waals surface area contributed by atoms with E-state index in [9.17, 15) is 14.4 Å². The molecule has 0 spiro atoms. The van der Waals surface area contributed by atoms with E-state index in [-0.39, 0.29) is 31.1 Å². The van der Waals surface area contributed by atoms with E-state index < -0.39 is 6.10 Å². The Morgan fingerprint density at radius 3 is 0.891 bits per heavy atom. The van der Waals surface area contributed by atoms with E-state index >= 15 is 0 Å². The van der Waals surface area contributed by atoms with Gasteiger partial charge in [0.1, 0.15) is 13.2 Å². The summed E-state index contributed by atoms with van der Waals surface area (Å²) in [6.07, 6.45) is 41.0. The molecule has 0 radical (unpaired) electrons. The highest BCUT2D eigenvalue weighted by Crippen LogP contribution is 2.17. The molecule has 0 aromatic heterocycles. The molecule has 0 aliphatic heterocycles. The lowest BCUT2D eigenvalue weighted by molar-refractivity contribution is -0.167. The van der Waals surface area contributed by atoms with Gasteiger partial charge in [0.25, 0.3) is 0 Å². The van der Waals surface area contributed by atoms with E-state index in [0.29, 0.717) is 19.3 Å². The predicted molar refractivity (Wildman–Crippen MR) is 233 cm³/mol. The van der Waals surface area contributed by atoms with Crippen molar-refractivity contribution in [2.75, 3.05) is 13.2 Å². The van der Waals surface area contributed by atoms with Gasteiger partial charge in [-0.1, -0.05) is 227 Å². The number of ether oxygens (including phenoxy) is 3. The van der Waals surface area contributed by atoms with E-state index in [2.05, 4.69) is 34.6 Å². The van der Waals surface area contributed by atoms with Crippen LogP contribution in [0.4, 0.5) is 0 Å². The van der Waals surface area contributed by atoms with Crippen molar-refractivity contribution >= 4 is 17.9 Å². The van der Waals surface area contributed by atoms with Gasteiger partial charge < -0.3 is 14.2 Å². The first-order valence-corrected chi connectivity index (χ1v) is 24.2. The number of hydrogen-bond acceptors (Lipinski definition) is 6. The van der Waals surface area contributed by atoms with Crippen molar-refractivity contribution in [2.24, 2.45) is 11.8 Å². The van der Waals surface area contributed by atoms with Crippen LogP contribution in [-0.4, -0.2) is 37.2 Å². The van der Waals surface area contributed by atoms with Gasteiger partial charge in [-0.05, 0) is 31.1 Å². The van der Waals surface area contributed by atoms with Gasteiger partial charge in [-0.2, -0.15) is 0 Å². The van der Waals surface area contributed by atoms with Crippen molar-refractivity contribution in [3.05, 3.63) is 0 Å². The van der Waals surface area contributed by atoms with Crippen molar-refractivity contribution in [2.45, 2.75) is 272 Å². The number of rotatable bonds is 43. The molecule has 0 aromatic rings. The zero-order valence-corrected chi connectivity index (χ0v) is 37.6. The normalized spacial score (nSPS) is 12.1. The molecule has 0 N–H and O–H groups in total. The molecule has 0 heterocycles. The number of carbonyl (C=O) groups is 3. The lowest BCUT2D eigenvalue weighted by Gasteiger charge is -2.18. The Hall–Kier alpha value is -1.59. The van der Waals surface area contributed by atoms with Gasteiger partial charge in [0.05, 0.1) is 0 Å². The summed E-state index contributed by atoms with van der Waals surface area (Å²) in [6, 6.07) is 0. The van der Waals surface area contributed by atoms with Gasteiger partial charge in [0.15, 0.2) is 6.10 Å². The number of hydrogen-bond donors (Lipinski definition) is 0. The second kappa shape index (κ2) is 42.0. The Morgan fingerprint density at radius 2 is 0.600 bits per heavy atom. The summed E-state index contributed by atoms with van der Waals surface area (Å²) in [5.74, 6) is 0.772. The molecule has 0 saturated heterocycles. The van der Waals surface area contributed by atoms with Crippen LogP contribution in [-0.2, 0) is 28.6 Å². The van der Waals surface area contributed by atoms with Crippen molar-refractivity contribution < 1.29 is 28.6 Å². The van der Waals surface area contributed by atoms with Crippen LogP contribution >= 0.6 is 0 Å². The van der Waals surface area contributed by atoms with Crippen LogP contribution < -0.4 is 0 Å². The Bertz CT molecular complexity index is 839. The molecule has 6 heteroatoms. The van der Waals surface area contributed by atoms with Crippen molar-refractivity contribution in [3.63, 3.8) is 0 Å². The van der Waals surface area contributed by atoms with Crippen molar-refractivity contribution in [3.8, 4) is 0 Å². The molecule has 55 heavy (non-hydrogen) atoms. The maximum Gasteiger partial charge on any atom is 0.306 e. The average Bonchev–Trinajstić information content (AvgIpc) is 3.15. The summed E-state index contributed by atoms with van der Waals surface area (Å²) in [5, 5.41) is 0. The molecule has 1 atom stereocenters. The number of esters is 3. The number of carbonyl (C=O) groups excluding carboxylic acids is 3. The largest absolute Gasteiger partial charge is 0.462 e. The summed E-state index contributed by atoms with van der Waals surface area (Å²) in [7, 11) is 0. The van der Waals surface area contributed by atoms with Crippen LogP contribution in [0, 0.1) is 11.8 Å². The smallest absolute Gasteiger partial charge is 0.306 e. The Balaban J connectivity index is 4.25.